The van der Waals surface area contributed by atoms with Crippen molar-refractivity contribution in [3.05, 3.63) is 28.2 Å². The first-order valence-electron chi connectivity index (χ1n) is 5.61. The Labute approximate surface area is 120 Å². The number of rotatable bonds is 6. The van der Waals surface area contributed by atoms with E-state index in [0.29, 0.717) is 4.47 Å². The molecular weight excluding hydrogens is 336 g/mol. The van der Waals surface area contributed by atoms with E-state index in [4.69, 9.17) is 9.84 Å². The molecule has 1 N–H and O–H groups in total. The Kier molecular flexibility index (Phi) is 5.51. The van der Waals surface area contributed by atoms with Gasteiger partial charge in [0.05, 0.1) is 28.9 Å². The molecule has 0 fully saturated rings. The van der Waals surface area contributed by atoms with Crippen LogP contribution < -0.4 is 0 Å². The van der Waals surface area contributed by atoms with E-state index in [1.54, 1.807) is 0 Å². The quantitative estimate of drug-likeness (QED) is 0.851. The molecule has 0 saturated heterocycles. The Balaban J connectivity index is 3.00. The molecule has 0 saturated carbocycles. The topological polar surface area (TPSA) is 80.7 Å². The first-order chi connectivity index (χ1) is 8.74. The predicted molar refractivity (Wildman–Crippen MR) is 74.2 cm³/mol. The second-order valence-corrected chi connectivity index (χ2v) is 7.12. The summed E-state index contributed by atoms with van der Waals surface area (Å²) in [7, 11) is -3.58. The molecule has 0 spiro atoms. The van der Waals surface area contributed by atoms with Crippen LogP contribution in [0, 0.1) is 0 Å². The lowest BCUT2D eigenvalue weighted by Gasteiger charge is -2.10. The Hall–Kier alpha value is -0.920. The minimum atomic E-state index is -3.58. The van der Waals surface area contributed by atoms with Crippen LogP contribution in [0.3, 0.4) is 0 Å². The fourth-order valence-electron chi connectivity index (χ4n) is 1.38. The average molecular weight is 351 g/mol. The van der Waals surface area contributed by atoms with Crippen molar-refractivity contribution in [1.29, 1.82) is 0 Å². The molecule has 0 aromatic heterocycles. The minimum absolute atomic E-state index is 0.0280. The van der Waals surface area contributed by atoms with Gasteiger partial charge >= 0.3 is 5.97 Å². The zero-order valence-electron chi connectivity index (χ0n) is 10.6. The number of carboxylic acids is 1. The van der Waals surface area contributed by atoms with Gasteiger partial charge in [0.25, 0.3) is 0 Å². The van der Waals surface area contributed by atoms with E-state index in [9.17, 15) is 13.2 Å². The zero-order chi connectivity index (χ0) is 14.6. The van der Waals surface area contributed by atoms with Gasteiger partial charge in [-0.3, -0.25) is 0 Å². The van der Waals surface area contributed by atoms with Crippen molar-refractivity contribution in [2.45, 2.75) is 24.8 Å². The maximum absolute atomic E-state index is 12.1. The average Bonchev–Trinajstić information content (AvgIpc) is 2.28. The summed E-state index contributed by atoms with van der Waals surface area (Å²) >= 11 is 3.12. The molecule has 0 aliphatic carbocycles. The van der Waals surface area contributed by atoms with E-state index < -0.39 is 15.8 Å². The Morgan fingerprint density at radius 2 is 2.05 bits per heavy atom. The summed E-state index contributed by atoms with van der Waals surface area (Å²) < 4.78 is 29.8. The fourth-order valence-corrected chi connectivity index (χ4v) is 3.57. The summed E-state index contributed by atoms with van der Waals surface area (Å²) in [5.74, 6) is -1.35. The van der Waals surface area contributed by atoms with Crippen LogP contribution in [-0.4, -0.2) is 38.0 Å². The Morgan fingerprint density at radius 1 is 1.42 bits per heavy atom. The minimum Gasteiger partial charge on any atom is -0.478 e. The molecule has 0 heterocycles. The molecule has 7 heteroatoms. The normalized spacial score (nSPS) is 11.8. The van der Waals surface area contributed by atoms with Crippen molar-refractivity contribution in [1.82, 2.24) is 0 Å². The second-order valence-electron chi connectivity index (χ2n) is 4.19. The highest BCUT2D eigenvalue weighted by Crippen LogP contribution is 2.24. The summed E-state index contributed by atoms with van der Waals surface area (Å²) in [5, 5.41) is 8.88. The molecule has 0 bridgehead atoms. The monoisotopic (exact) mass is 350 g/mol. The summed E-state index contributed by atoms with van der Waals surface area (Å²) in [6, 6.07) is 3.91. The fraction of sp³-hybridized carbons (Fsp3) is 0.417. The molecule has 1 rings (SSSR count). The SMILES string of the molecule is CC(C)OCCS(=O)(=O)c1cc(C(=O)O)ccc1Br. The lowest BCUT2D eigenvalue weighted by atomic mass is 10.2. The van der Waals surface area contributed by atoms with Crippen LogP contribution in [0.5, 0.6) is 0 Å². The van der Waals surface area contributed by atoms with Crippen molar-refractivity contribution in [2.24, 2.45) is 0 Å². The van der Waals surface area contributed by atoms with Gasteiger partial charge in [-0.15, -0.1) is 0 Å². The molecule has 106 valence electrons. The molecule has 19 heavy (non-hydrogen) atoms. The molecule has 0 amide bonds. The third-order valence-corrected chi connectivity index (χ3v) is 4.98. The van der Waals surface area contributed by atoms with Gasteiger partial charge in [0, 0.05) is 4.47 Å². The van der Waals surface area contributed by atoms with Crippen LogP contribution in [-0.2, 0) is 14.6 Å². The van der Waals surface area contributed by atoms with Gasteiger partial charge in [-0.2, -0.15) is 0 Å². The third-order valence-electron chi connectivity index (χ3n) is 2.32. The Bertz CT molecular complexity index is 565. The van der Waals surface area contributed by atoms with Crippen LogP contribution in [0.15, 0.2) is 27.6 Å². The van der Waals surface area contributed by atoms with E-state index in [2.05, 4.69) is 15.9 Å². The predicted octanol–water partition coefficient (Wildman–Crippen LogP) is 2.35. The molecule has 0 aliphatic rings. The highest BCUT2D eigenvalue weighted by molar-refractivity contribution is 9.10. The van der Waals surface area contributed by atoms with Crippen molar-refractivity contribution >= 4 is 31.7 Å². The number of carboxylic acid groups (broad SMARTS) is 1. The summed E-state index contributed by atoms with van der Waals surface area (Å²) in [6.07, 6.45) is -0.0519. The van der Waals surface area contributed by atoms with Gasteiger partial charge < -0.3 is 9.84 Å². The number of halogens is 1. The molecule has 1 aromatic rings. The van der Waals surface area contributed by atoms with Crippen molar-refractivity contribution in [3.63, 3.8) is 0 Å². The van der Waals surface area contributed by atoms with Crippen molar-refractivity contribution < 1.29 is 23.1 Å². The molecule has 1 aromatic carbocycles. The highest BCUT2D eigenvalue weighted by atomic mass is 79.9. The third kappa shape index (κ3) is 4.59. The molecular formula is C12H15BrO5S. The van der Waals surface area contributed by atoms with Gasteiger partial charge in [-0.05, 0) is 48.0 Å². The van der Waals surface area contributed by atoms with Gasteiger partial charge in [0.1, 0.15) is 0 Å². The maximum atomic E-state index is 12.1. The van der Waals surface area contributed by atoms with E-state index in [0.717, 1.165) is 6.07 Å². The largest absolute Gasteiger partial charge is 0.478 e. The number of hydrogen-bond acceptors (Lipinski definition) is 4. The first-order valence-corrected chi connectivity index (χ1v) is 8.06. The molecule has 0 unspecified atom stereocenters. The number of benzene rings is 1. The Morgan fingerprint density at radius 3 is 2.58 bits per heavy atom. The van der Waals surface area contributed by atoms with Gasteiger partial charge in [-0.1, -0.05) is 0 Å². The number of ether oxygens (including phenoxy) is 1. The van der Waals surface area contributed by atoms with Gasteiger partial charge in [0.15, 0.2) is 9.84 Å². The van der Waals surface area contributed by atoms with Crippen molar-refractivity contribution in [3.8, 4) is 0 Å². The van der Waals surface area contributed by atoms with Crippen molar-refractivity contribution in [2.75, 3.05) is 12.4 Å². The van der Waals surface area contributed by atoms with Crippen LogP contribution in [0.4, 0.5) is 0 Å². The molecule has 0 atom stereocenters. The number of carbonyl (C=O) groups is 1. The highest BCUT2D eigenvalue weighted by Gasteiger charge is 2.20. The van der Waals surface area contributed by atoms with Gasteiger partial charge in [0.2, 0.25) is 0 Å². The van der Waals surface area contributed by atoms with E-state index in [1.165, 1.54) is 12.1 Å². The van der Waals surface area contributed by atoms with Crippen LogP contribution in [0.2, 0.25) is 0 Å². The van der Waals surface area contributed by atoms with Crippen LogP contribution >= 0.6 is 15.9 Å². The van der Waals surface area contributed by atoms with Crippen LogP contribution in [0.1, 0.15) is 24.2 Å². The number of hydrogen-bond donors (Lipinski definition) is 1. The van der Waals surface area contributed by atoms with E-state index in [1.807, 2.05) is 13.8 Å². The van der Waals surface area contributed by atoms with E-state index in [-0.39, 0.29) is 28.9 Å². The second kappa shape index (κ2) is 6.49. The molecule has 0 aliphatic heterocycles. The number of aromatic carboxylic acids is 1. The van der Waals surface area contributed by atoms with E-state index >= 15 is 0 Å². The zero-order valence-corrected chi connectivity index (χ0v) is 13.0. The van der Waals surface area contributed by atoms with Crippen LogP contribution in [0.25, 0.3) is 0 Å². The lowest BCUT2D eigenvalue weighted by molar-refractivity contribution is 0.0696. The maximum Gasteiger partial charge on any atom is 0.335 e. The number of sulfone groups is 1. The lowest BCUT2D eigenvalue weighted by Crippen LogP contribution is -2.16. The van der Waals surface area contributed by atoms with Gasteiger partial charge in [-0.25, -0.2) is 13.2 Å². The summed E-state index contributed by atoms with van der Waals surface area (Å²) in [4.78, 5) is 10.8. The summed E-state index contributed by atoms with van der Waals surface area (Å²) in [6.45, 7) is 3.70. The molecule has 5 nitrogen and oxygen atoms in total. The standard InChI is InChI=1S/C12H15BrO5S/c1-8(2)18-5-6-19(16,17)11-7-9(12(14)15)3-4-10(11)13/h3-4,7-8H,5-6H2,1-2H3,(H,14,15). The first kappa shape index (κ1) is 16.1. The smallest absolute Gasteiger partial charge is 0.335 e. The summed E-state index contributed by atoms with van der Waals surface area (Å²) in [5.41, 5.74) is -0.0634. The molecule has 0 radical (unpaired) electrons.